The number of aromatic nitrogens is 2. The number of sulfone groups is 1. The van der Waals surface area contributed by atoms with E-state index in [0.717, 1.165) is 38.9 Å². The minimum Gasteiger partial charge on any atom is -0.488 e. The highest BCUT2D eigenvalue weighted by Crippen LogP contribution is 2.40. The molecule has 61 heavy (non-hydrogen) atoms. The van der Waals surface area contributed by atoms with Gasteiger partial charge in [0, 0.05) is 53.7 Å². The molecule has 0 saturated carbocycles. The fourth-order valence-electron chi connectivity index (χ4n) is 7.98. The molecule has 1 saturated heterocycles. The summed E-state index contributed by atoms with van der Waals surface area (Å²) < 4.78 is 74.7. The number of ether oxygens (including phenoxy) is 2. The maximum absolute atomic E-state index is 13.6. The van der Waals surface area contributed by atoms with Crippen molar-refractivity contribution in [2.24, 2.45) is 0 Å². The van der Waals surface area contributed by atoms with Crippen LogP contribution in [0.15, 0.2) is 98.7 Å². The lowest BCUT2D eigenvalue weighted by Crippen LogP contribution is -2.35. The Bertz CT molecular complexity index is 2890. The first-order valence-corrected chi connectivity index (χ1v) is 21.6. The molecule has 8 rings (SSSR count). The van der Waals surface area contributed by atoms with Crippen molar-refractivity contribution in [3.8, 4) is 45.5 Å². The van der Waals surface area contributed by atoms with Crippen LogP contribution >= 0.6 is 0 Å². The average Bonchev–Trinajstić information content (AvgIpc) is 3.95. The van der Waals surface area contributed by atoms with E-state index in [1.165, 1.54) is 12.3 Å². The molecule has 7 aromatic rings. The predicted molar refractivity (Wildman–Crippen MR) is 226 cm³/mol. The minimum atomic E-state index is -3.31. The number of aliphatic carboxylic acids is 1. The molecule has 1 fully saturated rings. The lowest BCUT2D eigenvalue weighted by Gasteiger charge is -2.22. The zero-order valence-corrected chi connectivity index (χ0v) is 35.1. The Morgan fingerprint density at radius 1 is 0.852 bits per heavy atom. The van der Waals surface area contributed by atoms with Gasteiger partial charge in [0.1, 0.15) is 35.2 Å². The molecular formula is C46H44F2N4O8S. The van der Waals surface area contributed by atoms with Gasteiger partial charge in [-0.3, -0.25) is 9.69 Å². The Labute approximate surface area is 351 Å². The smallest absolute Gasteiger partial charge is 0.387 e. The van der Waals surface area contributed by atoms with Crippen LogP contribution < -0.4 is 9.47 Å². The largest absolute Gasteiger partial charge is 0.488 e. The normalized spacial score (nSPS) is 14.8. The van der Waals surface area contributed by atoms with Gasteiger partial charge < -0.3 is 28.3 Å². The molecule has 5 aromatic carbocycles. The molecule has 316 valence electrons. The second kappa shape index (κ2) is 16.7. The summed E-state index contributed by atoms with van der Waals surface area (Å²) >= 11 is 0. The number of benzene rings is 5. The van der Waals surface area contributed by atoms with Crippen molar-refractivity contribution >= 4 is 38.0 Å². The Morgan fingerprint density at radius 2 is 1.41 bits per heavy atom. The number of oxazole rings is 2. The van der Waals surface area contributed by atoms with Gasteiger partial charge in [-0.25, -0.2) is 18.4 Å². The molecule has 0 aliphatic carbocycles. The number of likely N-dealkylation sites (tertiary alicyclic amines) is 1. The molecule has 15 heteroatoms. The van der Waals surface area contributed by atoms with Gasteiger partial charge in [-0.05, 0) is 112 Å². The summed E-state index contributed by atoms with van der Waals surface area (Å²) in [6, 6.07) is 24.5. The predicted octanol–water partition coefficient (Wildman–Crippen LogP) is 9.28. The quantitative estimate of drug-likeness (QED) is 0.111. The highest BCUT2D eigenvalue weighted by atomic mass is 32.2. The molecule has 2 aromatic heterocycles. The molecule has 0 radical (unpaired) electrons. The number of halogens is 2. The summed E-state index contributed by atoms with van der Waals surface area (Å²) in [6.07, 6.45) is 2.35. The summed E-state index contributed by atoms with van der Waals surface area (Å²) in [5.74, 6) is 0.320. The van der Waals surface area contributed by atoms with Gasteiger partial charge in [-0.15, -0.1) is 0 Å². The first-order valence-electron chi connectivity index (χ1n) is 19.7. The molecule has 0 spiro atoms. The standard InChI is InChI=1S/C46H44F2N4O8S/c1-26-32(9-6-11-34(26)43-49-36-19-29(23-51(3)4)39(21-41(36)58-43)57-25-28-14-16-31(17-15-28)61(5,55)56)33-10-7-12-35(27(33)2)44-50-37-20-30(24-52-18-8-13-38(52)45(53)54)40(60-46(47)48)22-42(37)59-44/h6-7,9-12,14-17,19-22,38,46H,8,13,18,23-25H2,1-5H3,(H,53,54)/t38-/m0/s1. The number of rotatable bonds is 14. The van der Waals surface area contributed by atoms with Crippen LogP contribution in [0.4, 0.5) is 8.78 Å². The fraction of sp³-hybridized carbons (Fsp3) is 0.283. The van der Waals surface area contributed by atoms with Crippen molar-refractivity contribution in [2.45, 2.75) is 63.9 Å². The number of carboxylic acid groups (broad SMARTS) is 1. The lowest BCUT2D eigenvalue weighted by molar-refractivity contribution is -0.142. The second-order valence-corrected chi connectivity index (χ2v) is 17.7. The Kier molecular flexibility index (Phi) is 11.4. The van der Waals surface area contributed by atoms with Crippen molar-refractivity contribution in [3.63, 3.8) is 0 Å². The van der Waals surface area contributed by atoms with E-state index < -0.39 is 28.5 Å². The summed E-state index contributed by atoms with van der Waals surface area (Å²) in [6.45, 7) is 2.33. The van der Waals surface area contributed by atoms with Crippen LogP contribution in [-0.2, 0) is 34.3 Å². The SMILES string of the molecule is Cc1c(-c2nc3cc(CN(C)C)c(OCc4ccc(S(C)(=O)=O)cc4)cc3o2)cccc1-c1cccc(-c2nc3cc(CN4CCC[C@H]4C(=O)O)c(OC(F)F)cc3o2)c1C. The van der Waals surface area contributed by atoms with E-state index in [4.69, 9.17) is 28.3 Å². The molecule has 0 unspecified atom stereocenters. The van der Waals surface area contributed by atoms with Crippen LogP contribution in [0.2, 0.25) is 0 Å². The lowest BCUT2D eigenvalue weighted by atomic mass is 9.91. The summed E-state index contributed by atoms with van der Waals surface area (Å²) in [5, 5.41) is 9.69. The van der Waals surface area contributed by atoms with Gasteiger partial charge in [-0.2, -0.15) is 8.78 Å². The zero-order valence-electron chi connectivity index (χ0n) is 34.2. The zero-order chi connectivity index (χ0) is 43.2. The highest BCUT2D eigenvalue weighted by Gasteiger charge is 2.31. The Morgan fingerprint density at radius 3 is 1.95 bits per heavy atom. The van der Waals surface area contributed by atoms with Gasteiger partial charge in [-0.1, -0.05) is 36.4 Å². The Hall–Kier alpha value is -6.16. The van der Waals surface area contributed by atoms with E-state index in [9.17, 15) is 27.1 Å². The molecule has 0 bridgehead atoms. The van der Waals surface area contributed by atoms with E-state index in [1.807, 2.05) is 81.4 Å². The number of carbonyl (C=O) groups is 1. The number of hydrogen-bond acceptors (Lipinski definition) is 11. The van der Waals surface area contributed by atoms with Crippen LogP contribution in [0.3, 0.4) is 0 Å². The van der Waals surface area contributed by atoms with Gasteiger partial charge in [0.05, 0.1) is 4.90 Å². The molecule has 1 atom stereocenters. The maximum Gasteiger partial charge on any atom is 0.387 e. The van der Waals surface area contributed by atoms with Crippen LogP contribution in [0, 0.1) is 13.8 Å². The van der Waals surface area contributed by atoms with E-state index in [1.54, 1.807) is 35.2 Å². The van der Waals surface area contributed by atoms with Crippen molar-refractivity contribution in [3.05, 3.63) is 113 Å². The van der Waals surface area contributed by atoms with Crippen molar-refractivity contribution in [2.75, 3.05) is 26.9 Å². The van der Waals surface area contributed by atoms with Gasteiger partial charge in [0.25, 0.3) is 0 Å². The van der Waals surface area contributed by atoms with Crippen LogP contribution in [0.25, 0.3) is 56.2 Å². The molecule has 1 aliphatic rings. The molecule has 0 amide bonds. The monoisotopic (exact) mass is 850 g/mol. The fourth-order valence-corrected chi connectivity index (χ4v) is 8.61. The molecule has 1 aliphatic heterocycles. The minimum absolute atomic E-state index is 0.0881. The Balaban J connectivity index is 1.10. The molecule has 3 heterocycles. The van der Waals surface area contributed by atoms with Crippen LogP contribution in [-0.4, -0.2) is 78.8 Å². The van der Waals surface area contributed by atoms with Gasteiger partial charge in [0.15, 0.2) is 21.0 Å². The number of nitrogens with zero attached hydrogens (tertiary/aromatic N) is 4. The third-order valence-electron chi connectivity index (χ3n) is 11.0. The number of fused-ring (bicyclic) bond motifs is 2. The van der Waals surface area contributed by atoms with Crippen molar-refractivity contribution in [1.29, 1.82) is 0 Å². The van der Waals surface area contributed by atoms with E-state index in [2.05, 4.69) is 0 Å². The first-order chi connectivity index (χ1) is 29.1. The van der Waals surface area contributed by atoms with Crippen LogP contribution in [0.1, 0.15) is 40.7 Å². The van der Waals surface area contributed by atoms with Gasteiger partial charge in [0.2, 0.25) is 11.8 Å². The summed E-state index contributed by atoms with van der Waals surface area (Å²) in [7, 11) is 0.623. The highest BCUT2D eigenvalue weighted by molar-refractivity contribution is 7.90. The van der Waals surface area contributed by atoms with Crippen LogP contribution in [0.5, 0.6) is 11.5 Å². The van der Waals surface area contributed by atoms with Crippen molar-refractivity contribution in [1.82, 2.24) is 19.8 Å². The first kappa shape index (κ1) is 41.6. The van der Waals surface area contributed by atoms with E-state index in [0.29, 0.717) is 71.2 Å². The average molecular weight is 851 g/mol. The second-order valence-electron chi connectivity index (χ2n) is 15.6. The third kappa shape index (κ3) is 8.72. The summed E-state index contributed by atoms with van der Waals surface area (Å²) in [5.41, 5.74) is 9.19. The van der Waals surface area contributed by atoms with E-state index in [-0.39, 0.29) is 29.4 Å². The van der Waals surface area contributed by atoms with E-state index >= 15 is 0 Å². The third-order valence-corrected chi connectivity index (χ3v) is 12.2. The topological polar surface area (TPSA) is 148 Å². The number of hydrogen-bond donors (Lipinski definition) is 1. The molecular weight excluding hydrogens is 807 g/mol. The summed E-state index contributed by atoms with van der Waals surface area (Å²) in [4.78, 5) is 25.5. The maximum atomic E-state index is 13.6. The number of alkyl halides is 2. The van der Waals surface area contributed by atoms with Crippen molar-refractivity contribution < 1.29 is 45.4 Å². The molecule has 12 nitrogen and oxygen atoms in total. The number of carboxylic acids is 1. The van der Waals surface area contributed by atoms with Gasteiger partial charge >= 0.3 is 12.6 Å². The molecule has 1 N–H and O–H groups in total.